The predicted molar refractivity (Wildman–Crippen MR) is 149 cm³/mol. The molecule has 0 radical (unpaired) electrons. The van der Waals surface area contributed by atoms with Crippen molar-refractivity contribution >= 4 is 42.9 Å². The highest BCUT2D eigenvalue weighted by Crippen LogP contribution is 2.29. The number of halogens is 3. The van der Waals surface area contributed by atoms with Crippen molar-refractivity contribution in [2.24, 2.45) is 0 Å². The van der Waals surface area contributed by atoms with Gasteiger partial charge in [0.2, 0.25) is 10.0 Å². The van der Waals surface area contributed by atoms with Gasteiger partial charge in [-0.05, 0) is 60.2 Å². The maximum absolute atomic E-state index is 14.3. The van der Waals surface area contributed by atoms with Crippen molar-refractivity contribution in [3.8, 4) is 5.69 Å². The number of ether oxygens (including phenoxy) is 1. The summed E-state index contributed by atoms with van der Waals surface area (Å²) in [5.41, 5.74) is -0.0176. The maximum atomic E-state index is 14.3. The largest absolute Gasteiger partial charge is 0.465 e. The van der Waals surface area contributed by atoms with E-state index in [1.54, 1.807) is 18.2 Å². The van der Waals surface area contributed by atoms with E-state index in [0.717, 1.165) is 12.1 Å². The van der Waals surface area contributed by atoms with Crippen molar-refractivity contribution in [1.29, 1.82) is 0 Å². The van der Waals surface area contributed by atoms with Gasteiger partial charge in [-0.2, -0.15) is 4.31 Å². The van der Waals surface area contributed by atoms with Gasteiger partial charge in [0.15, 0.2) is 0 Å². The molecule has 1 saturated heterocycles. The number of amides is 1. The minimum Gasteiger partial charge on any atom is -0.465 e. The van der Waals surface area contributed by atoms with Gasteiger partial charge in [-0.25, -0.2) is 27.0 Å². The SMILES string of the molecule is O=C(O)NC[C@@H](c1cc(F)cc(F)c1)c1nc2cc(Br)ccc2c(=O)n1-c1ccc(S(=O)(=O)N2CCOCC2)cc1. The second-order valence-corrected chi connectivity index (χ2v) is 12.1. The topological polar surface area (TPSA) is 131 Å². The molecule has 3 aromatic carbocycles. The third-order valence-electron chi connectivity index (χ3n) is 6.62. The minimum absolute atomic E-state index is 0.00623. The molecule has 5 rings (SSSR count). The highest BCUT2D eigenvalue weighted by Gasteiger charge is 2.28. The van der Waals surface area contributed by atoms with E-state index in [4.69, 9.17) is 4.74 Å². The summed E-state index contributed by atoms with van der Waals surface area (Å²) in [6.07, 6.45) is -1.39. The molecule has 10 nitrogen and oxygen atoms in total. The summed E-state index contributed by atoms with van der Waals surface area (Å²) in [5.74, 6) is -2.90. The van der Waals surface area contributed by atoms with Crippen LogP contribution in [0, 0.1) is 11.6 Å². The van der Waals surface area contributed by atoms with Crippen LogP contribution in [0.2, 0.25) is 0 Å². The van der Waals surface area contributed by atoms with Gasteiger partial charge in [0.05, 0.1) is 40.6 Å². The normalized spacial score (nSPS) is 15.1. The number of hydrogen-bond donors (Lipinski definition) is 2. The lowest BCUT2D eigenvalue weighted by atomic mass is 9.96. The first kappa shape index (κ1) is 28.8. The molecule has 0 spiro atoms. The van der Waals surface area contributed by atoms with Gasteiger partial charge in [-0.1, -0.05) is 15.9 Å². The molecule has 1 fully saturated rings. The van der Waals surface area contributed by atoms with Gasteiger partial charge in [-0.15, -0.1) is 0 Å². The molecule has 1 aromatic heterocycles. The molecule has 1 aliphatic heterocycles. The summed E-state index contributed by atoms with van der Waals surface area (Å²) in [4.78, 5) is 30.0. The number of carboxylic acid groups (broad SMARTS) is 1. The predicted octanol–water partition coefficient (Wildman–Crippen LogP) is 3.85. The number of sulfonamides is 1. The molecule has 41 heavy (non-hydrogen) atoms. The van der Waals surface area contributed by atoms with Gasteiger partial charge < -0.3 is 15.2 Å². The van der Waals surface area contributed by atoms with Gasteiger partial charge in [0.1, 0.15) is 17.5 Å². The van der Waals surface area contributed by atoms with Crippen molar-refractivity contribution in [3.05, 3.63) is 98.5 Å². The second-order valence-electron chi connectivity index (χ2n) is 9.22. The molecule has 1 aliphatic rings. The van der Waals surface area contributed by atoms with Crippen LogP contribution < -0.4 is 10.9 Å². The zero-order valence-corrected chi connectivity index (χ0v) is 23.7. The smallest absolute Gasteiger partial charge is 0.404 e. The fourth-order valence-corrected chi connectivity index (χ4v) is 6.44. The Labute approximate surface area is 241 Å². The summed E-state index contributed by atoms with van der Waals surface area (Å²) >= 11 is 3.35. The number of nitrogens with one attached hydrogen (secondary N) is 1. The molecule has 14 heteroatoms. The van der Waals surface area contributed by atoms with Crippen molar-refractivity contribution in [2.75, 3.05) is 32.8 Å². The van der Waals surface area contributed by atoms with Crippen LogP contribution in [0.15, 0.2) is 74.8 Å². The number of carbonyl (C=O) groups is 1. The molecule has 0 aliphatic carbocycles. The number of hydrogen-bond acceptors (Lipinski definition) is 6. The average molecular weight is 649 g/mol. The summed E-state index contributed by atoms with van der Waals surface area (Å²) in [5, 5.41) is 11.7. The van der Waals surface area contributed by atoms with Crippen LogP contribution in [0.4, 0.5) is 13.6 Å². The van der Waals surface area contributed by atoms with E-state index in [9.17, 15) is 31.9 Å². The molecular weight excluding hydrogens is 626 g/mol. The van der Waals surface area contributed by atoms with Gasteiger partial charge in [0, 0.05) is 30.2 Å². The first-order chi connectivity index (χ1) is 19.5. The van der Waals surface area contributed by atoms with Crippen LogP contribution >= 0.6 is 15.9 Å². The fourth-order valence-electron chi connectivity index (χ4n) is 4.69. The number of benzene rings is 3. The van der Waals surface area contributed by atoms with E-state index in [2.05, 4.69) is 26.2 Å². The average Bonchev–Trinajstić information content (AvgIpc) is 2.93. The lowest BCUT2D eigenvalue weighted by Crippen LogP contribution is -2.40. The summed E-state index contributed by atoms with van der Waals surface area (Å²) in [6.45, 7) is 0.608. The molecule has 0 unspecified atom stereocenters. The Morgan fingerprint density at radius 3 is 2.34 bits per heavy atom. The molecule has 0 bridgehead atoms. The van der Waals surface area contributed by atoms with E-state index in [1.807, 2.05) is 0 Å². The summed E-state index contributed by atoms with van der Waals surface area (Å²) in [7, 11) is -3.82. The Bertz CT molecular complexity index is 1770. The van der Waals surface area contributed by atoms with Gasteiger partial charge in [0.25, 0.3) is 5.56 Å². The Morgan fingerprint density at radius 1 is 1.05 bits per heavy atom. The van der Waals surface area contributed by atoms with Gasteiger partial charge >= 0.3 is 6.09 Å². The lowest BCUT2D eigenvalue weighted by Gasteiger charge is -2.26. The van der Waals surface area contributed by atoms with Crippen molar-refractivity contribution in [1.82, 2.24) is 19.2 Å². The highest BCUT2D eigenvalue weighted by molar-refractivity contribution is 9.10. The Kier molecular flexibility index (Phi) is 8.18. The standard InChI is InChI=1S/C27H23BrF2N4O6S/c28-17-1-6-22-24(13-17)32-25(23(15-31-27(36)37)16-11-18(29)14-19(30)12-16)34(26(22)35)20-2-4-21(5-3-20)41(38,39)33-7-9-40-10-8-33/h1-6,11-14,23,31H,7-10,15H2,(H,36,37)/t23-/m0/s1. The lowest BCUT2D eigenvalue weighted by molar-refractivity contribution is 0.0730. The van der Waals surface area contributed by atoms with E-state index in [0.29, 0.717) is 10.5 Å². The van der Waals surface area contributed by atoms with Gasteiger partial charge in [-0.3, -0.25) is 9.36 Å². The van der Waals surface area contributed by atoms with Crippen LogP contribution in [0.3, 0.4) is 0 Å². The van der Waals surface area contributed by atoms with Crippen molar-refractivity contribution in [2.45, 2.75) is 10.8 Å². The number of nitrogens with zero attached hydrogens (tertiary/aromatic N) is 3. The zero-order chi connectivity index (χ0) is 29.3. The molecule has 1 amide bonds. The number of fused-ring (bicyclic) bond motifs is 1. The Balaban J connectivity index is 1.70. The van der Waals surface area contributed by atoms with Crippen molar-refractivity contribution < 1.29 is 31.8 Å². The maximum Gasteiger partial charge on any atom is 0.404 e. The first-order valence-electron chi connectivity index (χ1n) is 12.4. The number of rotatable bonds is 7. The fraction of sp³-hybridized carbons (Fsp3) is 0.222. The van der Waals surface area contributed by atoms with E-state index >= 15 is 0 Å². The Hall–Kier alpha value is -3.72. The van der Waals surface area contributed by atoms with E-state index in [1.165, 1.54) is 33.1 Å². The number of aromatic nitrogens is 2. The molecule has 4 aromatic rings. The third kappa shape index (κ3) is 6.00. The second kappa shape index (κ2) is 11.6. The zero-order valence-electron chi connectivity index (χ0n) is 21.3. The molecule has 1 atom stereocenters. The number of morpholine rings is 1. The van der Waals surface area contributed by atoms with Crippen LogP contribution in [0.5, 0.6) is 0 Å². The summed E-state index contributed by atoms with van der Waals surface area (Å²) < 4.78 is 63.2. The molecule has 2 heterocycles. The monoisotopic (exact) mass is 648 g/mol. The minimum atomic E-state index is -3.82. The first-order valence-corrected chi connectivity index (χ1v) is 14.6. The summed E-state index contributed by atoms with van der Waals surface area (Å²) in [6, 6.07) is 13.1. The highest BCUT2D eigenvalue weighted by atomic mass is 79.9. The molecule has 2 N–H and O–H groups in total. The molecule has 0 saturated carbocycles. The third-order valence-corrected chi connectivity index (χ3v) is 9.02. The van der Waals surface area contributed by atoms with Crippen LogP contribution in [0.25, 0.3) is 16.6 Å². The van der Waals surface area contributed by atoms with Crippen LogP contribution in [0.1, 0.15) is 17.3 Å². The van der Waals surface area contributed by atoms with Crippen molar-refractivity contribution in [3.63, 3.8) is 0 Å². The van der Waals surface area contributed by atoms with E-state index in [-0.39, 0.29) is 65.7 Å². The van der Waals surface area contributed by atoms with Crippen LogP contribution in [-0.2, 0) is 14.8 Å². The Morgan fingerprint density at radius 2 is 1.71 bits per heavy atom. The van der Waals surface area contributed by atoms with Crippen LogP contribution in [-0.4, -0.2) is 66.3 Å². The van der Waals surface area contributed by atoms with E-state index < -0.39 is 39.2 Å². The quantitative estimate of drug-likeness (QED) is 0.311. The molecular formula is C27H23BrF2N4O6S. The molecule has 214 valence electrons.